The lowest BCUT2D eigenvalue weighted by Crippen LogP contribution is -2.06. The summed E-state index contributed by atoms with van der Waals surface area (Å²) in [7, 11) is 0. The van der Waals surface area contributed by atoms with Crippen LogP contribution in [0.1, 0.15) is 11.1 Å². The molecule has 0 spiro atoms. The van der Waals surface area contributed by atoms with Gasteiger partial charge in [0, 0.05) is 11.6 Å². The molecule has 0 fully saturated rings. The second kappa shape index (κ2) is 6.34. The molecule has 0 aliphatic heterocycles. The molecule has 0 saturated carbocycles. The SMILES string of the molecule is O=[N+]([O-])c1cc(C(F)(F)F)ccc1Oc1ccccc1/C=N\O. The summed E-state index contributed by atoms with van der Waals surface area (Å²) in [5.41, 5.74) is -1.68. The summed E-state index contributed by atoms with van der Waals surface area (Å²) in [4.78, 5) is 10.0. The summed E-state index contributed by atoms with van der Waals surface area (Å²) in [5, 5.41) is 22.4. The van der Waals surface area contributed by atoms with Crippen LogP contribution >= 0.6 is 0 Å². The molecule has 23 heavy (non-hydrogen) atoms. The van der Waals surface area contributed by atoms with Crippen molar-refractivity contribution in [2.45, 2.75) is 6.18 Å². The molecule has 120 valence electrons. The van der Waals surface area contributed by atoms with Gasteiger partial charge in [-0.2, -0.15) is 13.2 Å². The van der Waals surface area contributed by atoms with Crippen molar-refractivity contribution in [2.75, 3.05) is 0 Å². The average Bonchev–Trinajstić information content (AvgIpc) is 2.48. The van der Waals surface area contributed by atoms with Crippen molar-refractivity contribution in [3.05, 3.63) is 63.7 Å². The van der Waals surface area contributed by atoms with Crippen molar-refractivity contribution in [3.63, 3.8) is 0 Å². The first-order chi connectivity index (χ1) is 10.8. The molecule has 0 saturated heterocycles. The third kappa shape index (κ3) is 3.76. The van der Waals surface area contributed by atoms with Gasteiger partial charge < -0.3 is 9.94 Å². The van der Waals surface area contributed by atoms with Crippen molar-refractivity contribution < 1.29 is 28.0 Å². The van der Waals surface area contributed by atoms with E-state index < -0.39 is 22.4 Å². The van der Waals surface area contributed by atoms with E-state index in [0.29, 0.717) is 17.7 Å². The highest BCUT2D eigenvalue weighted by Crippen LogP contribution is 2.38. The quantitative estimate of drug-likeness (QED) is 0.395. The third-order valence-corrected chi connectivity index (χ3v) is 2.82. The molecular weight excluding hydrogens is 317 g/mol. The first-order valence-electron chi connectivity index (χ1n) is 6.13. The number of rotatable bonds is 4. The van der Waals surface area contributed by atoms with E-state index in [9.17, 15) is 23.3 Å². The molecule has 2 rings (SSSR count). The Balaban J connectivity index is 2.46. The lowest BCUT2D eigenvalue weighted by molar-refractivity contribution is -0.385. The zero-order chi connectivity index (χ0) is 17.0. The molecule has 9 heteroatoms. The van der Waals surface area contributed by atoms with E-state index in [1.807, 2.05) is 0 Å². The number of alkyl halides is 3. The summed E-state index contributed by atoms with van der Waals surface area (Å²) < 4.78 is 43.2. The van der Waals surface area contributed by atoms with E-state index in [-0.39, 0.29) is 11.5 Å². The van der Waals surface area contributed by atoms with Crippen LogP contribution in [0, 0.1) is 10.1 Å². The van der Waals surface area contributed by atoms with Gasteiger partial charge in [-0.25, -0.2) is 0 Å². The molecule has 1 N–H and O–H groups in total. The molecule has 2 aromatic carbocycles. The van der Waals surface area contributed by atoms with Gasteiger partial charge in [-0.05, 0) is 24.3 Å². The normalized spacial score (nSPS) is 11.6. The van der Waals surface area contributed by atoms with Gasteiger partial charge in [0.2, 0.25) is 5.75 Å². The van der Waals surface area contributed by atoms with Crippen LogP contribution in [-0.2, 0) is 6.18 Å². The number of hydrogen-bond donors (Lipinski definition) is 1. The van der Waals surface area contributed by atoms with Gasteiger partial charge in [0.05, 0.1) is 16.7 Å². The van der Waals surface area contributed by atoms with Crippen LogP contribution in [0.15, 0.2) is 47.6 Å². The maximum atomic E-state index is 12.6. The minimum absolute atomic E-state index is 0.0909. The van der Waals surface area contributed by atoms with Gasteiger partial charge in [-0.1, -0.05) is 17.3 Å². The van der Waals surface area contributed by atoms with Gasteiger partial charge in [0.15, 0.2) is 0 Å². The van der Waals surface area contributed by atoms with Crippen LogP contribution in [0.25, 0.3) is 0 Å². The smallest absolute Gasteiger partial charge is 0.416 e. The highest BCUT2D eigenvalue weighted by molar-refractivity contribution is 5.83. The van der Waals surface area contributed by atoms with Crippen molar-refractivity contribution in [3.8, 4) is 11.5 Å². The van der Waals surface area contributed by atoms with Crippen LogP contribution in [0.3, 0.4) is 0 Å². The van der Waals surface area contributed by atoms with Gasteiger partial charge in [-0.3, -0.25) is 10.1 Å². The maximum Gasteiger partial charge on any atom is 0.416 e. The summed E-state index contributed by atoms with van der Waals surface area (Å²) in [6.07, 6.45) is -3.67. The molecule has 0 aromatic heterocycles. The first-order valence-corrected chi connectivity index (χ1v) is 6.13. The Labute approximate surface area is 127 Å². The Hall–Kier alpha value is -3.10. The lowest BCUT2D eigenvalue weighted by atomic mass is 10.1. The fourth-order valence-corrected chi connectivity index (χ4v) is 1.78. The van der Waals surface area contributed by atoms with Crippen molar-refractivity contribution in [1.29, 1.82) is 0 Å². The van der Waals surface area contributed by atoms with Crippen LogP contribution < -0.4 is 4.74 Å². The first kappa shape index (κ1) is 16.3. The minimum Gasteiger partial charge on any atom is -0.449 e. The number of nitrogens with zero attached hydrogens (tertiary/aromatic N) is 2. The van der Waals surface area contributed by atoms with Crippen LogP contribution in [-0.4, -0.2) is 16.3 Å². The van der Waals surface area contributed by atoms with Crippen LogP contribution in [0.4, 0.5) is 18.9 Å². The monoisotopic (exact) mass is 326 g/mol. The molecule has 6 nitrogen and oxygen atoms in total. The predicted octanol–water partition coefficient (Wildman–Crippen LogP) is 4.21. The van der Waals surface area contributed by atoms with Gasteiger partial charge >= 0.3 is 11.9 Å². The van der Waals surface area contributed by atoms with Crippen molar-refractivity contribution >= 4 is 11.9 Å². The summed E-state index contributed by atoms with van der Waals surface area (Å²) >= 11 is 0. The number of halogens is 3. The largest absolute Gasteiger partial charge is 0.449 e. The molecule has 0 amide bonds. The highest BCUT2D eigenvalue weighted by atomic mass is 19.4. The van der Waals surface area contributed by atoms with Crippen molar-refractivity contribution in [2.24, 2.45) is 5.16 Å². The summed E-state index contributed by atoms with van der Waals surface area (Å²) in [6, 6.07) is 8.05. The zero-order valence-electron chi connectivity index (χ0n) is 11.3. The van der Waals surface area contributed by atoms with Crippen LogP contribution in [0.2, 0.25) is 0 Å². The third-order valence-electron chi connectivity index (χ3n) is 2.82. The summed E-state index contributed by atoms with van der Waals surface area (Å²) in [6.45, 7) is 0. The molecule has 0 heterocycles. The number of benzene rings is 2. The Morgan fingerprint density at radius 3 is 2.48 bits per heavy atom. The van der Waals surface area contributed by atoms with Crippen molar-refractivity contribution in [1.82, 2.24) is 0 Å². The van der Waals surface area contributed by atoms with E-state index in [1.54, 1.807) is 12.1 Å². The molecule has 0 unspecified atom stereocenters. The topological polar surface area (TPSA) is 85.0 Å². The minimum atomic E-state index is -4.70. The van der Waals surface area contributed by atoms with E-state index in [4.69, 9.17) is 9.94 Å². The number of para-hydroxylation sites is 1. The molecular formula is C14H9F3N2O4. The molecule has 0 aliphatic rings. The number of nitro groups is 1. The Bertz CT molecular complexity index is 760. The molecule has 0 atom stereocenters. The predicted molar refractivity (Wildman–Crippen MR) is 74.0 cm³/mol. The van der Waals surface area contributed by atoms with Gasteiger partial charge in [0.1, 0.15) is 5.75 Å². The fraction of sp³-hybridized carbons (Fsp3) is 0.0714. The fourth-order valence-electron chi connectivity index (χ4n) is 1.78. The zero-order valence-corrected chi connectivity index (χ0v) is 11.3. The number of ether oxygens (including phenoxy) is 1. The Kier molecular flexibility index (Phi) is 4.49. The summed E-state index contributed by atoms with van der Waals surface area (Å²) in [5.74, 6) is -0.269. The van der Waals surface area contributed by atoms with E-state index in [2.05, 4.69) is 5.16 Å². The average molecular weight is 326 g/mol. The standard InChI is InChI=1S/C14H9F3N2O4/c15-14(16,17)10-5-6-13(11(7-10)19(21)22)23-12-4-2-1-3-9(12)8-18-20/h1-8,20H/b18-8-. The maximum absolute atomic E-state index is 12.6. The van der Waals surface area contributed by atoms with E-state index >= 15 is 0 Å². The second-order valence-corrected chi connectivity index (χ2v) is 4.32. The number of nitro benzene ring substituents is 1. The Morgan fingerprint density at radius 2 is 1.87 bits per heavy atom. The lowest BCUT2D eigenvalue weighted by Gasteiger charge is -2.11. The molecule has 2 aromatic rings. The van der Waals surface area contributed by atoms with Crippen LogP contribution in [0.5, 0.6) is 11.5 Å². The Morgan fingerprint density at radius 1 is 1.17 bits per heavy atom. The highest BCUT2D eigenvalue weighted by Gasteiger charge is 2.33. The number of oxime groups is 1. The number of hydrogen-bond acceptors (Lipinski definition) is 5. The van der Waals surface area contributed by atoms with E-state index in [1.165, 1.54) is 12.1 Å². The van der Waals surface area contributed by atoms with Gasteiger partial charge in [-0.15, -0.1) is 0 Å². The molecule has 0 bridgehead atoms. The molecule has 0 aliphatic carbocycles. The second-order valence-electron chi connectivity index (χ2n) is 4.32. The molecule has 0 radical (unpaired) electrons. The van der Waals surface area contributed by atoms with Gasteiger partial charge in [0.25, 0.3) is 0 Å². The van der Waals surface area contributed by atoms with E-state index in [0.717, 1.165) is 12.3 Å².